The third-order valence-corrected chi connectivity index (χ3v) is 4.80. The Kier molecular flexibility index (Phi) is 5.86. The highest BCUT2D eigenvalue weighted by Crippen LogP contribution is 2.39. The number of halogens is 2. The van der Waals surface area contributed by atoms with Crippen LogP contribution in [0.15, 0.2) is 30.3 Å². The topological polar surface area (TPSA) is 88.1 Å². The Morgan fingerprint density at radius 3 is 2.48 bits per heavy atom. The van der Waals surface area contributed by atoms with Crippen molar-refractivity contribution in [2.24, 2.45) is 0 Å². The molecule has 0 saturated heterocycles. The summed E-state index contributed by atoms with van der Waals surface area (Å²) in [6, 6.07) is 4.74. The second kappa shape index (κ2) is 8.34. The summed E-state index contributed by atoms with van der Waals surface area (Å²) in [6.45, 7) is 0.217. The summed E-state index contributed by atoms with van der Waals surface area (Å²) in [4.78, 5) is 25.6. The van der Waals surface area contributed by atoms with E-state index in [0.29, 0.717) is 29.5 Å². The first kappa shape index (κ1) is 20.4. The zero-order valence-corrected chi connectivity index (χ0v) is 15.9. The maximum Gasteiger partial charge on any atom is 0.322 e. The first-order valence-corrected chi connectivity index (χ1v) is 8.83. The number of anilines is 1. The van der Waals surface area contributed by atoms with E-state index in [4.69, 9.17) is 9.47 Å². The van der Waals surface area contributed by atoms with Crippen LogP contribution in [0.25, 0.3) is 0 Å². The minimum atomic E-state index is -1.09. The molecule has 0 unspecified atom stereocenters. The molecule has 3 rings (SSSR count). The highest BCUT2D eigenvalue weighted by molar-refractivity contribution is 5.90. The minimum Gasteiger partial charge on any atom is -0.493 e. The highest BCUT2D eigenvalue weighted by Gasteiger charge is 2.34. The van der Waals surface area contributed by atoms with Crippen molar-refractivity contribution in [2.75, 3.05) is 26.1 Å². The lowest BCUT2D eigenvalue weighted by atomic mass is 9.90. The number of fused-ring (bicyclic) bond motifs is 1. The first-order chi connectivity index (χ1) is 13.8. The Bertz CT molecular complexity index is 951. The van der Waals surface area contributed by atoms with Gasteiger partial charge >= 0.3 is 12.0 Å². The predicted octanol–water partition coefficient (Wildman–Crippen LogP) is 3.59. The molecule has 9 heteroatoms. The largest absolute Gasteiger partial charge is 0.493 e. The number of carboxylic acid groups (broad SMARTS) is 1. The summed E-state index contributed by atoms with van der Waals surface area (Å²) in [5.41, 5.74) is 1.26. The molecule has 0 aromatic heterocycles. The number of hydrogen-bond acceptors (Lipinski definition) is 4. The van der Waals surface area contributed by atoms with E-state index >= 15 is 0 Å². The molecule has 29 heavy (non-hydrogen) atoms. The number of aliphatic carboxylic acids is 1. The molecule has 1 aliphatic rings. The average molecular weight is 406 g/mol. The monoisotopic (exact) mass is 406 g/mol. The van der Waals surface area contributed by atoms with Crippen molar-refractivity contribution in [3.8, 4) is 11.5 Å². The molecule has 0 spiro atoms. The van der Waals surface area contributed by atoms with Crippen LogP contribution in [0, 0.1) is 11.6 Å². The lowest BCUT2D eigenvalue weighted by Crippen LogP contribution is -2.43. The van der Waals surface area contributed by atoms with E-state index in [1.807, 2.05) is 0 Å². The molecule has 1 heterocycles. The van der Waals surface area contributed by atoms with E-state index < -0.39 is 29.7 Å². The third kappa shape index (κ3) is 4.23. The highest BCUT2D eigenvalue weighted by atomic mass is 19.1. The van der Waals surface area contributed by atoms with Crippen molar-refractivity contribution in [3.63, 3.8) is 0 Å². The number of ether oxygens (including phenoxy) is 2. The van der Waals surface area contributed by atoms with E-state index in [2.05, 4.69) is 5.32 Å². The number of nitrogens with one attached hydrogen (secondary N) is 1. The van der Waals surface area contributed by atoms with Crippen LogP contribution in [0.5, 0.6) is 11.5 Å². The molecule has 2 aromatic rings. The second-order valence-corrected chi connectivity index (χ2v) is 6.52. The quantitative estimate of drug-likeness (QED) is 0.792. The van der Waals surface area contributed by atoms with Crippen molar-refractivity contribution >= 4 is 17.7 Å². The van der Waals surface area contributed by atoms with Gasteiger partial charge in [0.2, 0.25) is 0 Å². The summed E-state index contributed by atoms with van der Waals surface area (Å²) < 4.78 is 37.6. The Morgan fingerprint density at radius 1 is 1.17 bits per heavy atom. The lowest BCUT2D eigenvalue weighted by molar-refractivity contribution is -0.138. The number of benzene rings is 2. The van der Waals surface area contributed by atoms with E-state index in [9.17, 15) is 23.5 Å². The number of rotatable bonds is 5. The maximum absolute atomic E-state index is 13.9. The molecule has 1 aliphatic heterocycles. The van der Waals surface area contributed by atoms with E-state index in [1.165, 1.54) is 19.1 Å². The van der Waals surface area contributed by atoms with Crippen molar-refractivity contribution in [1.82, 2.24) is 4.90 Å². The minimum absolute atomic E-state index is 0.191. The number of carbonyl (C=O) groups is 2. The van der Waals surface area contributed by atoms with Crippen LogP contribution < -0.4 is 14.8 Å². The molecule has 7 nitrogen and oxygen atoms in total. The number of carboxylic acids is 1. The zero-order chi connectivity index (χ0) is 21.1. The summed E-state index contributed by atoms with van der Waals surface area (Å²) in [5.74, 6) is -1.86. The van der Waals surface area contributed by atoms with Gasteiger partial charge in [0.05, 0.1) is 32.4 Å². The van der Waals surface area contributed by atoms with Gasteiger partial charge in [-0.2, -0.15) is 0 Å². The number of methoxy groups -OCH3 is 2. The summed E-state index contributed by atoms with van der Waals surface area (Å²) in [7, 11) is 2.96. The number of amides is 2. The lowest BCUT2D eigenvalue weighted by Gasteiger charge is -2.37. The van der Waals surface area contributed by atoms with Gasteiger partial charge in [-0.1, -0.05) is 0 Å². The molecule has 2 aromatic carbocycles. The van der Waals surface area contributed by atoms with Crippen LogP contribution in [-0.4, -0.2) is 42.8 Å². The van der Waals surface area contributed by atoms with Crippen molar-refractivity contribution in [3.05, 3.63) is 53.1 Å². The fourth-order valence-electron chi connectivity index (χ4n) is 3.43. The molecule has 1 atom stereocenters. The van der Waals surface area contributed by atoms with Gasteiger partial charge in [0.25, 0.3) is 0 Å². The fourth-order valence-corrected chi connectivity index (χ4v) is 3.43. The Balaban J connectivity index is 1.94. The zero-order valence-electron chi connectivity index (χ0n) is 15.9. The van der Waals surface area contributed by atoms with E-state index in [1.54, 1.807) is 12.1 Å². The van der Waals surface area contributed by atoms with Crippen LogP contribution in [0.1, 0.15) is 23.6 Å². The smallest absolute Gasteiger partial charge is 0.322 e. The van der Waals surface area contributed by atoms with Gasteiger partial charge in [-0.05, 0) is 41.8 Å². The number of nitrogens with zero attached hydrogens (tertiary/aromatic N) is 1. The summed E-state index contributed by atoms with van der Waals surface area (Å²) in [6.07, 6.45) is 0.104. The SMILES string of the molecule is COc1cc2c(cc1OC)[C@@H](CC(=O)O)N(C(=O)Nc1ccc(F)cc1F)CC2. The molecule has 2 N–H and O–H groups in total. The van der Waals surface area contributed by atoms with Crippen molar-refractivity contribution in [1.29, 1.82) is 0 Å². The van der Waals surface area contributed by atoms with E-state index in [-0.39, 0.29) is 18.7 Å². The summed E-state index contributed by atoms with van der Waals surface area (Å²) >= 11 is 0. The number of carbonyl (C=O) groups excluding carboxylic acids is 1. The molecule has 0 radical (unpaired) electrons. The van der Waals surface area contributed by atoms with Gasteiger partial charge in [0.1, 0.15) is 11.6 Å². The molecule has 0 bridgehead atoms. The van der Waals surface area contributed by atoms with Gasteiger partial charge in [0.15, 0.2) is 11.5 Å². The molecule has 0 fully saturated rings. The Hall–Kier alpha value is -3.36. The second-order valence-electron chi connectivity index (χ2n) is 6.52. The van der Waals surface area contributed by atoms with Crippen molar-refractivity contribution < 1.29 is 33.0 Å². The molecular formula is C20H20F2N2O5. The van der Waals surface area contributed by atoms with Gasteiger partial charge in [-0.25, -0.2) is 13.6 Å². The Labute approximate surface area is 165 Å². The fraction of sp³-hybridized carbons (Fsp3) is 0.300. The number of hydrogen-bond donors (Lipinski definition) is 2. The van der Waals surface area contributed by atoms with Crippen LogP contribution in [0.4, 0.5) is 19.3 Å². The van der Waals surface area contributed by atoms with Gasteiger partial charge in [-0.3, -0.25) is 4.79 Å². The van der Waals surface area contributed by atoms with Crippen LogP contribution in [-0.2, 0) is 11.2 Å². The predicted molar refractivity (Wildman–Crippen MR) is 100 cm³/mol. The molecule has 2 amide bonds. The van der Waals surface area contributed by atoms with Crippen LogP contribution in [0.2, 0.25) is 0 Å². The van der Waals surface area contributed by atoms with Gasteiger partial charge < -0.3 is 24.8 Å². The first-order valence-electron chi connectivity index (χ1n) is 8.83. The molecule has 0 saturated carbocycles. The molecule has 0 aliphatic carbocycles. The normalized spacial score (nSPS) is 15.4. The Morgan fingerprint density at radius 2 is 1.86 bits per heavy atom. The van der Waals surface area contributed by atoms with Crippen LogP contribution in [0.3, 0.4) is 0 Å². The van der Waals surface area contributed by atoms with Gasteiger partial charge in [-0.15, -0.1) is 0 Å². The average Bonchev–Trinajstić information content (AvgIpc) is 2.68. The van der Waals surface area contributed by atoms with Gasteiger partial charge in [0, 0.05) is 12.6 Å². The third-order valence-electron chi connectivity index (χ3n) is 4.80. The number of urea groups is 1. The molecule has 154 valence electrons. The standard InChI is InChI=1S/C20H20F2N2O5/c1-28-17-7-11-5-6-24(16(10-19(25)26)13(11)9-18(17)29-2)20(27)23-15-4-3-12(21)8-14(15)22/h3-4,7-9,16H,5-6,10H2,1-2H3,(H,23,27)(H,25,26)/t16-/m1/s1. The van der Waals surface area contributed by atoms with E-state index in [0.717, 1.165) is 17.7 Å². The van der Waals surface area contributed by atoms with Crippen LogP contribution >= 0.6 is 0 Å². The molecular weight excluding hydrogens is 386 g/mol. The summed E-state index contributed by atoms with van der Waals surface area (Å²) in [5, 5.41) is 11.8. The maximum atomic E-state index is 13.9. The van der Waals surface area contributed by atoms with Crippen molar-refractivity contribution in [2.45, 2.75) is 18.9 Å².